The minimum absolute atomic E-state index is 0.0868. The molecule has 5 rings (SSSR count). The number of hydrogen-bond donors (Lipinski definition) is 0. The van der Waals surface area contributed by atoms with Gasteiger partial charge in [0.25, 0.3) is 0 Å². The van der Waals surface area contributed by atoms with Gasteiger partial charge in [-0.25, -0.2) is 8.42 Å². The monoisotopic (exact) mass is 372 g/mol. The zero-order valence-electron chi connectivity index (χ0n) is 15.3. The second kappa shape index (κ2) is 5.18. The second-order valence-corrected chi connectivity index (χ2v) is 11.0. The Balaban J connectivity index is 1.40. The largest absolute Gasteiger partial charge is 0.339 e. The minimum Gasteiger partial charge on any atom is -0.339 e. The van der Waals surface area contributed by atoms with Crippen molar-refractivity contribution in [2.24, 2.45) is 5.41 Å². The summed E-state index contributed by atoms with van der Waals surface area (Å²) in [6.07, 6.45) is 4.58. The van der Waals surface area contributed by atoms with Crippen molar-refractivity contribution in [3.05, 3.63) is 46.6 Å². The Morgan fingerprint density at radius 1 is 1.04 bits per heavy atom. The summed E-state index contributed by atoms with van der Waals surface area (Å²) >= 11 is 0. The number of hydrogen-bond acceptors (Lipinski definition) is 5. The first-order valence-electron chi connectivity index (χ1n) is 9.45. The van der Waals surface area contributed by atoms with Crippen LogP contribution in [0.25, 0.3) is 0 Å². The van der Waals surface area contributed by atoms with Crippen LogP contribution in [-0.2, 0) is 15.3 Å². The lowest BCUT2D eigenvalue weighted by molar-refractivity contribution is 0.343. The number of aromatic nitrogens is 2. The molecule has 0 N–H and O–H groups in total. The zero-order valence-corrected chi connectivity index (χ0v) is 16.1. The van der Waals surface area contributed by atoms with E-state index in [2.05, 4.69) is 37.2 Å². The Hall–Kier alpha value is -1.69. The van der Waals surface area contributed by atoms with Gasteiger partial charge in [0, 0.05) is 5.92 Å². The highest BCUT2D eigenvalue weighted by Crippen LogP contribution is 2.65. The highest BCUT2D eigenvalue weighted by molar-refractivity contribution is 7.91. The Bertz CT molecular complexity index is 954. The molecule has 6 heteroatoms. The minimum atomic E-state index is -2.84. The van der Waals surface area contributed by atoms with Crippen LogP contribution >= 0.6 is 0 Å². The molecule has 2 saturated carbocycles. The number of benzene rings is 1. The van der Waals surface area contributed by atoms with Crippen LogP contribution in [0.15, 0.2) is 22.7 Å². The maximum absolute atomic E-state index is 11.7. The Kier molecular flexibility index (Phi) is 3.29. The van der Waals surface area contributed by atoms with Gasteiger partial charge in [-0.05, 0) is 56.9 Å². The fourth-order valence-electron chi connectivity index (χ4n) is 4.78. The molecule has 1 atom stereocenters. The second-order valence-electron chi connectivity index (χ2n) is 8.69. The lowest BCUT2D eigenvalue weighted by atomic mass is 9.92. The van der Waals surface area contributed by atoms with Gasteiger partial charge in [0.15, 0.2) is 5.82 Å². The van der Waals surface area contributed by atoms with Crippen LogP contribution in [0.4, 0.5) is 0 Å². The smallest absolute Gasteiger partial charge is 0.230 e. The van der Waals surface area contributed by atoms with Crippen LogP contribution in [0, 0.1) is 19.3 Å². The summed E-state index contributed by atoms with van der Waals surface area (Å²) in [5.41, 5.74) is 3.82. The molecule has 1 unspecified atom stereocenters. The highest BCUT2D eigenvalue weighted by atomic mass is 32.2. The van der Waals surface area contributed by atoms with E-state index in [-0.39, 0.29) is 16.7 Å². The van der Waals surface area contributed by atoms with Gasteiger partial charge < -0.3 is 4.52 Å². The van der Waals surface area contributed by atoms with Gasteiger partial charge in [0.2, 0.25) is 5.89 Å². The zero-order chi connectivity index (χ0) is 18.2. The maximum atomic E-state index is 11.7. The average molecular weight is 372 g/mol. The maximum Gasteiger partial charge on any atom is 0.230 e. The van der Waals surface area contributed by atoms with Crippen LogP contribution in [0.5, 0.6) is 0 Å². The molecule has 2 aromatic rings. The summed E-state index contributed by atoms with van der Waals surface area (Å²) in [7, 11) is -2.84. The lowest BCUT2D eigenvalue weighted by Gasteiger charge is -2.21. The van der Waals surface area contributed by atoms with E-state index in [1.807, 2.05) is 0 Å². The van der Waals surface area contributed by atoms with Crippen molar-refractivity contribution in [3.63, 3.8) is 0 Å². The third kappa shape index (κ3) is 2.53. The summed E-state index contributed by atoms with van der Waals surface area (Å²) in [4.78, 5) is 4.80. The standard InChI is InChI=1S/C20H24N2O3S/c1-13-9-14(2)11-15(10-13)20(3-4-20)18-21-17(25-22-18)16-12-19(16)5-7-26(23,24)8-6-19/h9-11,16H,3-8,12H2,1-2H3. The van der Waals surface area contributed by atoms with Crippen molar-refractivity contribution in [1.82, 2.24) is 10.1 Å². The number of sulfone groups is 1. The molecule has 0 amide bonds. The van der Waals surface area contributed by atoms with Gasteiger partial charge in [0.05, 0.1) is 16.9 Å². The van der Waals surface area contributed by atoms with Crippen molar-refractivity contribution in [3.8, 4) is 0 Å². The molecule has 2 heterocycles. The first-order chi connectivity index (χ1) is 12.3. The van der Waals surface area contributed by atoms with Crippen molar-refractivity contribution >= 4 is 9.84 Å². The molecule has 1 aromatic heterocycles. The predicted octanol–water partition coefficient (Wildman–Crippen LogP) is 3.45. The fraction of sp³-hybridized carbons (Fsp3) is 0.600. The molecule has 2 aliphatic carbocycles. The Morgan fingerprint density at radius 2 is 1.69 bits per heavy atom. The fourth-order valence-corrected chi connectivity index (χ4v) is 6.42. The van der Waals surface area contributed by atoms with E-state index >= 15 is 0 Å². The summed E-state index contributed by atoms with van der Waals surface area (Å²) in [5, 5.41) is 4.35. The molecule has 138 valence electrons. The van der Waals surface area contributed by atoms with E-state index < -0.39 is 9.84 Å². The van der Waals surface area contributed by atoms with E-state index in [4.69, 9.17) is 9.51 Å². The van der Waals surface area contributed by atoms with Crippen LogP contribution in [0.1, 0.15) is 66.4 Å². The Morgan fingerprint density at radius 3 is 2.31 bits per heavy atom. The molecule has 1 spiro atoms. The number of rotatable bonds is 3. The third-order valence-electron chi connectivity index (χ3n) is 6.70. The Labute approximate surface area is 154 Å². The first-order valence-corrected chi connectivity index (χ1v) is 11.3. The van der Waals surface area contributed by atoms with Gasteiger partial charge in [-0.1, -0.05) is 34.5 Å². The van der Waals surface area contributed by atoms with Crippen molar-refractivity contribution in [1.29, 1.82) is 0 Å². The molecule has 0 radical (unpaired) electrons. The normalized spacial score (nSPS) is 27.4. The molecule has 0 bridgehead atoms. The molecule has 26 heavy (non-hydrogen) atoms. The van der Waals surface area contributed by atoms with E-state index in [9.17, 15) is 8.42 Å². The number of nitrogens with zero attached hydrogens (tertiary/aromatic N) is 2. The quantitative estimate of drug-likeness (QED) is 0.825. The van der Waals surface area contributed by atoms with E-state index in [1.54, 1.807) is 0 Å². The summed E-state index contributed by atoms with van der Waals surface area (Å²) in [5.74, 6) is 2.38. The molecule has 3 aliphatic rings. The highest BCUT2D eigenvalue weighted by Gasteiger charge is 2.60. The molecule has 3 fully saturated rings. The van der Waals surface area contributed by atoms with Crippen LogP contribution in [-0.4, -0.2) is 30.1 Å². The molecule has 1 aromatic carbocycles. The molecular formula is C20H24N2O3S. The van der Waals surface area contributed by atoms with Gasteiger partial charge >= 0.3 is 0 Å². The molecule has 1 saturated heterocycles. The molecule has 1 aliphatic heterocycles. The summed E-state index contributed by atoms with van der Waals surface area (Å²) in [6, 6.07) is 6.66. The van der Waals surface area contributed by atoms with Crippen LogP contribution < -0.4 is 0 Å². The van der Waals surface area contributed by atoms with Gasteiger partial charge in [-0.15, -0.1) is 0 Å². The van der Waals surface area contributed by atoms with E-state index in [0.717, 1.165) is 43.8 Å². The van der Waals surface area contributed by atoms with Crippen LogP contribution in [0.2, 0.25) is 0 Å². The topological polar surface area (TPSA) is 73.1 Å². The summed E-state index contributed by atoms with van der Waals surface area (Å²) < 4.78 is 29.1. The van der Waals surface area contributed by atoms with Gasteiger partial charge in [0.1, 0.15) is 9.84 Å². The predicted molar refractivity (Wildman–Crippen MR) is 97.9 cm³/mol. The van der Waals surface area contributed by atoms with Crippen molar-refractivity contribution in [2.45, 2.75) is 57.3 Å². The van der Waals surface area contributed by atoms with Crippen molar-refractivity contribution < 1.29 is 12.9 Å². The van der Waals surface area contributed by atoms with E-state index in [0.29, 0.717) is 11.5 Å². The summed E-state index contributed by atoms with van der Waals surface area (Å²) in [6.45, 7) is 4.25. The van der Waals surface area contributed by atoms with Crippen molar-refractivity contribution in [2.75, 3.05) is 11.5 Å². The van der Waals surface area contributed by atoms with Gasteiger partial charge in [-0.2, -0.15) is 4.98 Å². The third-order valence-corrected chi connectivity index (χ3v) is 8.36. The SMILES string of the molecule is Cc1cc(C)cc(C2(c3noc(C4CC45CCS(=O)(=O)CC5)n3)CC2)c1. The molecule has 5 nitrogen and oxygen atoms in total. The van der Waals surface area contributed by atoms with Gasteiger partial charge in [-0.3, -0.25) is 0 Å². The lowest BCUT2D eigenvalue weighted by Crippen LogP contribution is -2.25. The average Bonchev–Trinajstić information content (AvgIpc) is 3.47. The van der Waals surface area contributed by atoms with Crippen LogP contribution in [0.3, 0.4) is 0 Å². The van der Waals surface area contributed by atoms with E-state index in [1.165, 1.54) is 16.7 Å². The number of aryl methyl sites for hydroxylation is 2. The first kappa shape index (κ1) is 16.5. The molecular weight excluding hydrogens is 348 g/mol.